The predicted octanol–water partition coefficient (Wildman–Crippen LogP) is 0.718. The van der Waals surface area contributed by atoms with Crippen molar-refractivity contribution < 1.29 is 14.6 Å². The molecule has 130 valence electrons. The van der Waals surface area contributed by atoms with Gasteiger partial charge in [-0.2, -0.15) is 5.10 Å². The van der Waals surface area contributed by atoms with Crippen LogP contribution in [0.1, 0.15) is 17.4 Å². The fourth-order valence-corrected chi connectivity index (χ4v) is 3.01. The number of nitrogens with zero attached hydrogens (tertiary/aromatic N) is 3. The summed E-state index contributed by atoms with van der Waals surface area (Å²) >= 11 is 0. The van der Waals surface area contributed by atoms with E-state index in [0.29, 0.717) is 38.5 Å². The number of rotatable bonds is 6. The summed E-state index contributed by atoms with van der Waals surface area (Å²) in [6.07, 6.45) is -0.484. The first-order chi connectivity index (χ1) is 11.7. The maximum atomic E-state index is 12.7. The second-order valence-electron chi connectivity index (χ2n) is 6.02. The molecule has 1 fully saturated rings. The second-order valence-corrected chi connectivity index (χ2v) is 6.02. The summed E-state index contributed by atoms with van der Waals surface area (Å²) in [6.45, 7) is 6.23. The van der Waals surface area contributed by atoms with Gasteiger partial charge in [0.05, 0.1) is 18.2 Å². The van der Waals surface area contributed by atoms with Crippen LogP contribution in [0.3, 0.4) is 0 Å². The van der Waals surface area contributed by atoms with E-state index in [2.05, 4.69) is 15.1 Å². The Morgan fingerprint density at radius 3 is 2.83 bits per heavy atom. The third kappa shape index (κ3) is 3.75. The number of β-amino-alcohol motifs (C(OH)–C–C–N with tert-alkyl or cyclic N) is 1. The van der Waals surface area contributed by atoms with Gasteiger partial charge in [-0.25, -0.2) is 0 Å². The van der Waals surface area contributed by atoms with Gasteiger partial charge in [-0.15, -0.1) is 0 Å². The van der Waals surface area contributed by atoms with E-state index < -0.39 is 6.10 Å². The summed E-state index contributed by atoms with van der Waals surface area (Å²) in [5, 5.41) is 17.9. The molecule has 1 saturated heterocycles. The number of nitrogens with one attached hydrogen (secondary N) is 1. The molecule has 0 radical (unpaired) electrons. The molecule has 0 unspecified atom stereocenters. The minimum atomic E-state index is -0.484. The van der Waals surface area contributed by atoms with Gasteiger partial charge in [-0.05, 0) is 13.0 Å². The second kappa shape index (κ2) is 7.74. The normalized spacial score (nSPS) is 17.3. The molecule has 0 saturated carbocycles. The van der Waals surface area contributed by atoms with Crippen LogP contribution < -0.4 is 0 Å². The molecule has 0 bridgehead atoms. The standard InChI is InChI=1S/C17H24N4O3/c1-2-24-12-13(22)11-20-7-9-21(10-8-20)17(23)16-14-5-3-4-6-15(14)18-19-16/h3-6,13,22H,2,7-12H2,1H3,(H,18,19)/t13-/m0/s1. The van der Waals surface area contributed by atoms with Crippen molar-refractivity contribution in [1.82, 2.24) is 20.0 Å². The Kier molecular flexibility index (Phi) is 5.44. The van der Waals surface area contributed by atoms with Gasteiger partial charge >= 0.3 is 0 Å². The van der Waals surface area contributed by atoms with Crippen LogP contribution in [0.2, 0.25) is 0 Å². The summed E-state index contributed by atoms with van der Waals surface area (Å²) in [5.41, 5.74) is 1.36. The van der Waals surface area contributed by atoms with Crippen molar-refractivity contribution in [3.8, 4) is 0 Å². The lowest BCUT2D eigenvalue weighted by Crippen LogP contribution is -2.50. The Bertz CT molecular complexity index is 679. The fraction of sp³-hybridized carbons (Fsp3) is 0.529. The van der Waals surface area contributed by atoms with Crippen LogP contribution in [0.5, 0.6) is 0 Å². The minimum absolute atomic E-state index is 0.0398. The predicted molar refractivity (Wildman–Crippen MR) is 90.9 cm³/mol. The van der Waals surface area contributed by atoms with Gasteiger partial charge in [-0.1, -0.05) is 18.2 Å². The molecule has 3 rings (SSSR count). The van der Waals surface area contributed by atoms with E-state index in [0.717, 1.165) is 24.0 Å². The Morgan fingerprint density at radius 1 is 1.33 bits per heavy atom. The van der Waals surface area contributed by atoms with E-state index in [1.54, 1.807) is 0 Å². The molecular formula is C17H24N4O3. The van der Waals surface area contributed by atoms with Crippen LogP contribution in [0.15, 0.2) is 24.3 Å². The average Bonchev–Trinajstić information content (AvgIpc) is 3.04. The SMILES string of the molecule is CCOC[C@@H](O)CN1CCN(C(=O)c2n[nH]c3ccccc23)CC1. The summed E-state index contributed by atoms with van der Waals surface area (Å²) < 4.78 is 5.23. The highest BCUT2D eigenvalue weighted by molar-refractivity contribution is 6.04. The maximum absolute atomic E-state index is 12.7. The summed E-state index contributed by atoms with van der Waals surface area (Å²) in [5.74, 6) is -0.0398. The number of para-hydroxylation sites is 1. The van der Waals surface area contributed by atoms with Gasteiger partial charge in [0.15, 0.2) is 5.69 Å². The number of fused-ring (bicyclic) bond motifs is 1. The Morgan fingerprint density at radius 2 is 2.08 bits per heavy atom. The topological polar surface area (TPSA) is 81.7 Å². The third-order valence-corrected chi connectivity index (χ3v) is 4.32. The van der Waals surface area contributed by atoms with Crippen molar-refractivity contribution in [3.63, 3.8) is 0 Å². The number of carbonyl (C=O) groups excluding carboxylic acids is 1. The monoisotopic (exact) mass is 332 g/mol. The molecule has 2 heterocycles. The zero-order valence-corrected chi connectivity index (χ0v) is 13.9. The number of amides is 1. The molecule has 1 amide bonds. The van der Waals surface area contributed by atoms with Gasteiger partial charge in [0.2, 0.25) is 0 Å². The molecule has 24 heavy (non-hydrogen) atoms. The van der Waals surface area contributed by atoms with Gasteiger partial charge in [0.25, 0.3) is 5.91 Å². The van der Waals surface area contributed by atoms with E-state index in [1.165, 1.54) is 0 Å². The van der Waals surface area contributed by atoms with Crippen LogP contribution in [-0.4, -0.2) is 83.1 Å². The molecule has 2 N–H and O–H groups in total. The van der Waals surface area contributed by atoms with E-state index in [-0.39, 0.29) is 5.91 Å². The first-order valence-electron chi connectivity index (χ1n) is 8.39. The van der Waals surface area contributed by atoms with Crippen LogP contribution in [-0.2, 0) is 4.74 Å². The number of carbonyl (C=O) groups is 1. The molecule has 1 aromatic heterocycles. The Balaban J connectivity index is 1.55. The average molecular weight is 332 g/mol. The smallest absolute Gasteiger partial charge is 0.275 e. The quantitative estimate of drug-likeness (QED) is 0.814. The zero-order chi connectivity index (χ0) is 16.9. The lowest BCUT2D eigenvalue weighted by atomic mass is 10.2. The van der Waals surface area contributed by atoms with Crippen molar-refractivity contribution in [1.29, 1.82) is 0 Å². The highest BCUT2D eigenvalue weighted by Gasteiger charge is 2.25. The van der Waals surface area contributed by atoms with Gasteiger partial charge < -0.3 is 14.7 Å². The van der Waals surface area contributed by atoms with Crippen LogP contribution >= 0.6 is 0 Å². The summed E-state index contributed by atoms with van der Waals surface area (Å²) in [6, 6.07) is 7.65. The number of hydrogen-bond acceptors (Lipinski definition) is 5. The van der Waals surface area contributed by atoms with E-state index >= 15 is 0 Å². The van der Waals surface area contributed by atoms with Crippen molar-refractivity contribution in [2.75, 3.05) is 45.9 Å². The molecule has 0 aliphatic carbocycles. The number of aromatic amines is 1. The van der Waals surface area contributed by atoms with Gasteiger partial charge in [0, 0.05) is 44.7 Å². The first-order valence-corrected chi connectivity index (χ1v) is 8.39. The molecule has 7 heteroatoms. The number of piperazine rings is 1. The summed E-state index contributed by atoms with van der Waals surface area (Å²) in [7, 11) is 0. The molecule has 1 aliphatic rings. The first kappa shape index (κ1) is 16.9. The zero-order valence-electron chi connectivity index (χ0n) is 13.9. The van der Waals surface area contributed by atoms with E-state index in [9.17, 15) is 9.90 Å². The molecule has 1 aromatic carbocycles. The number of aliphatic hydroxyl groups excluding tert-OH is 1. The third-order valence-electron chi connectivity index (χ3n) is 4.32. The molecule has 1 aliphatic heterocycles. The number of ether oxygens (including phenoxy) is 1. The Hall–Kier alpha value is -1.96. The Labute approximate surface area is 141 Å². The van der Waals surface area contributed by atoms with Crippen LogP contribution in [0, 0.1) is 0 Å². The van der Waals surface area contributed by atoms with E-state index in [4.69, 9.17) is 4.74 Å². The number of aliphatic hydroxyl groups is 1. The molecule has 0 spiro atoms. The maximum Gasteiger partial charge on any atom is 0.275 e. The number of benzene rings is 1. The number of aromatic nitrogens is 2. The number of hydrogen-bond donors (Lipinski definition) is 2. The van der Waals surface area contributed by atoms with Crippen molar-refractivity contribution in [2.24, 2.45) is 0 Å². The van der Waals surface area contributed by atoms with Gasteiger partial charge in [-0.3, -0.25) is 14.8 Å². The van der Waals surface area contributed by atoms with Gasteiger partial charge in [0.1, 0.15) is 0 Å². The highest BCUT2D eigenvalue weighted by atomic mass is 16.5. The molecule has 2 aromatic rings. The fourth-order valence-electron chi connectivity index (χ4n) is 3.01. The summed E-state index contributed by atoms with van der Waals surface area (Å²) in [4.78, 5) is 16.7. The van der Waals surface area contributed by atoms with Crippen molar-refractivity contribution in [2.45, 2.75) is 13.0 Å². The van der Waals surface area contributed by atoms with Crippen LogP contribution in [0.4, 0.5) is 0 Å². The largest absolute Gasteiger partial charge is 0.389 e. The molecule has 1 atom stereocenters. The van der Waals surface area contributed by atoms with Crippen molar-refractivity contribution in [3.05, 3.63) is 30.0 Å². The lowest BCUT2D eigenvalue weighted by molar-refractivity contribution is 0.0111. The number of H-pyrrole nitrogens is 1. The molecule has 7 nitrogen and oxygen atoms in total. The highest BCUT2D eigenvalue weighted by Crippen LogP contribution is 2.17. The van der Waals surface area contributed by atoms with Crippen LogP contribution in [0.25, 0.3) is 10.9 Å². The lowest BCUT2D eigenvalue weighted by Gasteiger charge is -2.35. The van der Waals surface area contributed by atoms with E-state index in [1.807, 2.05) is 36.1 Å². The molecular weight excluding hydrogens is 308 g/mol. The van der Waals surface area contributed by atoms with Crippen molar-refractivity contribution >= 4 is 16.8 Å². The minimum Gasteiger partial charge on any atom is -0.389 e.